The van der Waals surface area contributed by atoms with Crippen molar-refractivity contribution in [2.75, 3.05) is 9.80 Å². The lowest BCUT2D eigenvalue weighted by atomic mass is 9.69. The van der Waals surface area contributed by atoms with E-state index in [0.29, 0.717) is 0 Å². The molecule has 0 saturated heterocycles. The van der Waals surface area contributed by atoms with Gasteiger partial charge in [0.15, 0.2) is 0 Å². The van der Waals surface area contributed by atoms with Gasteiger partial charge in [-0.1, -0.05) is 188 Å². The lowest BCUT2D eigenvalue weighted by molar-refractivity contribution is 0.801. The molecular formula is C67H45N3. The van der Waals surface area contributed by atoms with Crippen molar-refractivity contribution in [2.45, 2.75) is 5.41 Å². The van der Waals surface area contributed by atoms with E-state index in [1.54, 1.807) is 0 Å². The van der Waals surface area contributed by atoms with Gasteiger partial charge >= 0.3 is 0 Å². The minimum atomic E-state index is -0.702. The summed E-state index contributed by atoms with van der Waals surface area (Å²) in [5.41, 5.74) is 21.9. The van der Waals surface area contributed by atoms with Crippen LogP contribution in [0.25, 0.3) is 60.9 Å². The minimum Gasteiger partial charge on any atom is -0.310 e. The summed E-state index contributed by atoms with van der Waals surface area (Å²) < 4.78 is 2.51. The molecule has 0 amide bonds. The van der Waals surface area contributed by atoms with E-state index in [9.17, 15) is 0 Å². The first-order valence-electron chi connectivity index (χ1n) is 24.2. The quantitative estimate of drug-likeness (QED) is 0.151. The molecule has 11 aromatic carbocycles. The van der Waals surface area contributed by atoms with Crippen LogP contribution in [0.2, 0.25) is 0 Å². The van der Waals surface area contributed by atoms with Crippen molar-refractivity contribution < 1.29 is 0 Å². The van der Waals surface area contributed by atoms with Crippen molar-refractivity contribution in [3.8, 4) is 39.1 Å². The molecule has 2 aliphatic carbocycles. The Morgan fingerprint density at radius 1 is 0.314 bits per heavy atom. The molecule has 0 unspecified atom stereocenters. The molecule has 0 radical (unpaired) electrons. The zero-order chi connectivity index (χ0) is 46.2. The van der Waals surface area contributed by atoms with Gasteiger partial charge in [0, 0.05) is 50.5 Å². The molecule has 1 heterocycles. The average Bonchev–Trinajstić information content (AvgIpc) is 4.06. The second-order valence-corrected chi connectivity index (χ2v) is 18.4. The van der Waals surface area contributed by atoms with E-state index in [4.69, 9.17) is 0 Å². The van der Waals surface area contributed by atoms with Crippen LogP contribution in [0.5, 0.6) is 0 Å². The number of fused-ring (bicyclic) bond motifs is 14. The fourth-order valence-electron chi connectivity index (χ4n) is 12.0. The predicted octanol–water partition coefficient (Wildman–Crippen LogP) is 17.7. The molecule has 3 nitrogen and oxygen atoms in total. The molecule has 1 spiro atoms. The summed E-state index contributed by atoms with van der Waals surface area (Å²) in [5, 5.41) is 2.48. The van der Waals surface area contributed by atoms with Gasteiger partial charge in [0.1, 0.15) is 0 Å². The number of rotatable bonds is 8. The zero-order valence-electron chi connectivity index (χ0n) is 38.3. The molecule has 14 rings (SSSR count). The van der Waals surface area contributed by atoms with E-state index < -0.39 is 5.41 Å². The maximum Gasteiger partial charge on any atom is 0.0733 e. The normalized spacial score (nSPS) is 12.7. The first-order valence-corrected chi connectivity index (χ1v) is 24.2. The fourth-order valence-corrected chi connectivity index (χ4v) is 12.0. The smallest absolute Gasteiger partial charge is 0.0733 e. The molecule has 2 aliphatic rings. The van der Waals surface area contributed by atoms with Gasteiger partial charge in [0.25, 0.3) is 0 Å². The molecular weight excluding hydrogens is 847 g/mol. The summed E-state index contributed by atoms with van der Waals surface area (Å²) in [6.45, 7) is 0. The Kier molecular flexibility index (Phi) is 9.11. The highest BCUT2D eigenvalue weighted by Gasteiger charge is 2.54. The van der Waals surface area contributed by atoms with Gasteiger partial charge in [-0.2, -0.15) is 0 Å². The SMILES string of the molecule is c1ccc(-c2ccc(-n3c4ccccc4c4c5c(c(N(c6ccccc6)c6ccccc6)cc43)-c3ccc(N(c4ccccc4)c4ccccc4)cc3C53c4ccccc4-c4ccccc43)cc2)cc1. The van der Waals surface area contributed by atoms with Crippen molar-refractivity contribution >= 4 is 55.9 Å². The molecule has 3 heteroatoms. The van der Waals surface area contributed by atoms with Crippen LogP contribution in [0.1, 0.15) is 22.3 Å². The summed E-state index contributed by atoms with van der Waals surface area (Å²) in [4.78, 5) is 4.90. The van der Waals surface area contributed by atoms with Crippen LogP contribution in [-0.4, -0.2) is 4.57 Å². The largest absolute Gasteiger partial charge is 0.310 e. The summed E-state index contributed by atoms with van der Waals surface area (Å²) in [6.07, 6.45) is 0. The highest BCUT2D eigenvalue weighted by atomic mass is 15.2. The van der Waals surface area contributed by atoms with Crippen LogP contribution in [0.15, 0.2) is 273 Å². The highest BCUT2D eigenvalue weighted by Crippen LogP contribution is 2.67. The molecule has 0 aliphatic heterocycles. The van der Waals surface area contributed by atoms with Crippen LogP contribution in [0.3, 0.4) is 0 Å². The Balaban J connectivity index is 1.17. The van der Waals surface area contributed by atoms with E-state index in [2.05, 4.69) is 287 Å². The summed E-state index contributed by atoms with van der Waals surface area (Å²) >= 11 is 0. The topological polar surface area (TPSA) is 11.4 Å². The van der Waals surface area contributed by atoms with Gasteiger partial charge in [-0.15, -0.1) is 0 Å². The van der Waals surface area contributed by atoms with Gasteiger partial charge in [0.05, 0.1) is 22.1 Å². The summed E-state index contributed by atoms with van der Waals surface area (Å²) in [5.74, 6) is 0. The molecule has 0 atom stereocenters. The van der Waals surface area contributed by atoms with Crippen LogP contribution >= 0.6 is 0 Å². The molecule has 1 aromatic heterocycles. The Bertz CT molecular complexity index is 3790. The second-order valence-electron chi connectivity index (χ2n) is 18.4. The monoisotopic (exact) mass is 891 g/mol. The Morgan fingerprint density at radius 3 is 1.36 bits per heavy atom. The molecule has 0 bridgehead atoms. The number of aromatic nitrogens is 1. The highest BCUT2D eigenvalue weighted by molar-refractivity contribution is 6.19. The zero-order valence-corrected chi connectivity index (χ0v) is 38.3. The van der Waals surface area contributed by atoms with Gasteiger partial charge in [-0.3, -0.25) is 0 Å². The standard InChI is InChI=1S/C67H45N3/c1-6-22-46(23-7-1)47-38-40-52(41-39-47)70-61-37-21-18-34-57(61)65-63(70)45-62(69(50-28-12-4-13-29-50)51-30-14-5-15-31-51)64-56-43-42-53(68(48-24-8-2-9-25-48)49-26-10-3-11-27-49)44-60(56)67(66(64)65)58-35-19-16-32-54(58)55-33-17-20-36-59(55)67/h1-45H. The molecule has 12 aromatic rings. The van der Waals surface area contributed by atoms with Crippen molar-refractivity contribution in [3.05, 3.63) is 295 Å². The van der Waals surface area contributed by atoms with Crippen LogP contribution < -0.4 is 9.80 Å². The third-order valence-electron chi connectivity index (χ3n) is 14.7. The Labute approximate surface area is 408 Å². The van der Waals surface area contributed by atoms with Crippen LogP contribution in [0, 0.1) is 0 Å². The Morgan fingerprint density at radius 2 is 0.786 bits per heavy atom. The number of benzene rings is 11. The van der Waals surface area contributed by atoms with Crippen LogP contribution in [0.4, 0.5) is 34.1 Å². The molecule has 70 heavy (non-hydrogen) atoms. The third-order valence-corrected chi connectivity index (χ3v) is 14.7. The molecule has 0 saturated carbocycles. The van der Waals surface area contributed by atoms with Crippen molar-refractivity contribution in [2.24, 2.45) is 0 Å². The van der Waals surface area contributed by atoms with E-state index in [1.807, 2.05) is 0 Å². The summed E-state index contributed by atoms with van der Waals surface area (Å²) in [6, 6.07) is 100. The summed E-state index contributed by atoms with van der Waals surface area (Å²) in [7, 11) is 0. The second kappa shape index (κ2) is 16.0. The fraction of sp³-hybridized carbons (Fsp3) is 0.0149. The van der Waals surface area contributed by atoms with Crippen molar-refractivity contribution in [3.63, 3.8) is 0 Å². The lowest BCUT2D eigenvalue weighted by Crippen LogP contribution is -2.26. The maximum absolute atomic E-state index is 2.51. The number of para-hydroxylation sites is 5. The first kappa shape index (κ1) is 39.9. The Hall–Kier alpha value is -9.18. The minimum absolute atomic E-state index is 0.702. The van der Waals surface area contributed by atoms with Gasteiger partial charge in [-0.05, 0) is 135 Å². The molecule has 0 N–H and O–H groups in total. The number of hydrogen-bond donors (Lipinski definition) is 0. The van der Waals surface area contributed by atoms with Crippen molar-refractivity contribution in [1.29, 1.82) is 0 Å². The van der Waals surface area contributed by atoms with Crippen LogP contribution in [-0.2, 0) is 5.41 Å². The van der Waals surface area contributed by atoms with Gasteiger partial charge in [-0.25, -0.2) is 0 Å². The van der Waals surface area contributed by atoms with Gasteiger partial charge in [0.2, 0.25) is 0 Å². The van der Waals surface area contributed by atoms with E-state index in [1.165, 1.54) is 71.9 Å². The van der Waals surface area contributed by atoms with Gasteiger partial charge < -0.3 is 14.4 Å². The molecule has 328 valence electrons. The third kappa shape index (κ3) is 5.88. The van der Waals surface area contributed by atoms with E-state index in [0.717, 1.165) is 45.3 Å². The number of nitrogens with zero attached hydrogens (tertiary/aromatic N) is 3. The lowest BCUT2D eigenvalue weighted by Gasteiger charge is -2.33. The maximum atomic E-state index is 2.51. The number of hydrogen-bond acceptors (Lipinski definition) is 2. The van der Waals surface area contributed by atoms with E-state index in [-0.39, 0.29) is 0 Å². The van der Waals surface area contributed by atoms with E-state index >= 15 is 0 Å². The predicted molar refractivity (Wildman–Crippen MR) is 292 cm³/mol. The first-order chi connectivity index (χ1) is 34.8. The van der Waals surface area contributed by atoms with Crippen molar-refractivity contribution in [1.82, 2.24) is 4.57 Å². The average molecular weight is 892 g/mol. The molecule has 0 fully saturated rings. The number of anilines is 6.